The van der Waals surface area contributed by atoms with E-state index < -0.39 is 34.8 Å². The Hall–Kier alpha value is -1.64. The highest BCUT2D eigenvalue weighted by Crippen LogP contribution is 2.26. The van der Waals surface area contributed by atoms with Crippen molar-refractivity contribution >= 4 is 21.4 Å². The second-order valence-corrected chi connectivity index (χ2v) is 5.94. The van der Waals surface area contributed by atoms with Crippen LogP contribution in [0.15, 0.2) is 18.2 Å². The van der Waals surface area contributed by atoms with E-state index in [1.165, 1.54) is 25.3 Å². The Morgan fingerprint density at radius 1 is 1.35 bits per heavy atom. The molecule has 0 aliphatic carbocycles. The van der Waals surface area contributed by atoms with Crippen molar-refractivity contribution in [3.63, 3.8) is 0 Å². The fourth-order valence-electron chi connectivity index (χ4n) is 1.49. The SMILES string of the molecule is COc1ccc(NS(=O)(=O)CCCC(F)(F)F)cc1N. The Morgan fingerprint density at radius 3 is 2.50 bits per heavy atom. The molecule has 0 saturated carbocycles. The van der Waals surface area contributed by atoms with E-state index in [0.29, 0.717) is 5.75 Å². The topological polar surface area (TPSA) is 81.4 Å². The van der Waals surface area contributed by atoms with Gasteiger partial charge in [-0.3, -0.25) is 4.72 Å². The summed E-state index contributed by atoms with van der Waals surface area (Å²) in [6.45, 7) is 0. The van der Waals surface area contributed by atoms with E-state index in [1.807, 2.05) is 0 Å². The number of methoxy groups -OCH3 is 1. The zero-order valence-electron chi connectivity index (χ0n) is 10.7. The van der Waals surface area contributed by atoms with Crippen LogP contribution < -0.4 is 15.2 Å². The number of nitrogens with one attached hydrogen (secondary N) is 1. The average molecular weight is 312 g/mol. The van der Waals surface area contributed by atoms with Gasteiger partial charge in [-0.2, -0.15) is 13.2 Å². The van der Waals surface area contributed by atoms with Gasteiger partial charge in [-0.05, 0) is 24.6 Å². The molecule has 1 rings (SSSR count). The van der Waals surface area contributed by atoms with Gasteiger partial charge in [0.2, 0.25) is 10.0 Å². The number of ether oxygens (including phenoxy) is 1. The van der Waals surface area contributed by atoms with Gasteiger partial charge in [-0.15, -0.1) is 0 Å². The second kappa shape index (κ2) is 6.21. The molecule has 0 spiro atoms. The molecule has 0 amide bonds. The number of benzene rings is 1. The number of alkyl halides is 3. The van der Waals surface area contributed by atoms with E-state index in [0.717, 1.165) is 0 Å². The van der Waals surface area contributed by atoms with Gasteiger partial charge in [0.1, 0.15) is 5.75 Å². The number of sulfonamides is 1. The van der Waals surface area contributed by atoms with Crippen LogP contribution in [0.1, 0.15) is 12.8 Å². The van der Waals surface area contributed by atoms with Gasteiger partial charge in [0.25, 0.3) is 0 Å². The predicted molar refractivity (Wildman–Crippen MR) is 70.1 cm³/mol. The minimum atomic E-state index is -4.36. The average Bonchev–Trinajstić information content (AvgIpc) is 2.26. The summed E-state index contributed by atoms with van der Waals surface area (Å²) >= 11 is 0. The van der Waals surface area contributed by atoms with Gasteiger partial charge in [0, 0.05) is 6.42 Å². The summed E-state index contributed by atoms with van der Waals surface area (Å²) in [5.74, 6) is -0.233. The van der Waals surface area contributed by atoms with E-state index >= 15 is 0 Å². The highest BCUT2D eigenvalue weighted by atomic mass is 32.2. The first-order valence-electron chi connectivity index (χ1n) is 5.64. The molecule has 3 N–H and O–H groups in total. The van der Waals surface area contributed by atoms with Gasteiger partial charge < -0.3 is 10.5 Å². The lowest BCUT2D eigenvalue weighted by atomic mass is 10.2. The summed E-state index contributed by atoms with van der Waals surface area (Å²) in [6.07, 6.45) is -6.00. The third-order valence-corrected chi connectivity index (χ3v) is 3.75. The summed E-state index contributed by atoms with van der Waals surface area (Å²) < 4.78 is 66.1. The molecule has 1 aromatic rings. The van der Waals surface area contributed by atoms with Crippen LogP contribution in [-0.2, 0) is 10.0 Å². The van der Waals surface area contributed by atoms with Gasteiger partial charge in [-0.25, -0.2) is 8.42 Å². The molecule has 0 aliphatic heterocycles. The molecule has 0 aromatic heterocycles. The van der Waals surface area contributed by atoms with Crippen LogP contribution >= 0.6 is 0 Å². The number of halogens is 3. The lowest BCUT2D eigenvalue weighted by Gasteiger charge is -2.11. The van der Waals surface area contributed by atoms with Gasteiger partial charge in [0.15, 0.2) is 0 Å². The largest absolute Gasteiger partial charge is 0.495 e. The minimum Gasteiger partial charge on any atom is -0.495 e. The summed E-state index contributed by atoms with van der Waals surface area (Å²) in [5.41, 5.74) is 6.00. The van der Waals surface area contributed by atoms with Gasteiger partial charge >= 0.3 is 6.18 Å². The monoisotopic (exact) mass is 312 g/mol. The van der Waals surface area contributed by atoms with Crippen molar-refractivity contribution in [1.82, 2.24) is 0 Å². The molecule has 0 heterocycles. The lowest BCUT2D eigenvalue weighted by molar-refractivity contribution is -0.134. The van der Waals surface area contributed by atoms with Crippen molar-refractivity contribution in [2.45, 2.75) is 19.0 Å². The molecule has 114 valence electrons. The van der Waals surface area contributed by atoms with Gasteiger partial charge in [0.05, 0.1) is 24.2 Å². The molecule has 0 radical (unpaired) electrons. The van der Waals surface area contributed by atoms with Crippen molar-refractivity contribution in [3.05, 3.63) is 18.2 Å². The molecule has 5 nitrogen and oxygen atoms in total. The van der Waals surface area contributed by atoms with Crippen molar-refractivity contribution in [1.29, 1.82) is 0 Å². The molecule has 20 heavy (non-hydrogen) atoms. The standard InChI is InChI=1S/C11H15F3N2O3S/c1-19-10-4-3-8(7-9(10)15)16-20(17,18)6-2-5-11(12,13)14/h3-4,7,16H,2,5-6,15H2,1H3. The van der Waals surface area contributed by atoms with Crippen molar-refractivity contribution in [2.75, 3.05) is 23.3 Å². The summed E-state index contributed by atoms with van der Waals surface area (Å²) in [6, 6.07) is 4.21. The van der Waals surface area contributed by atoms with E-state index in [2.05, 4.69) is 4.72 Å². The Kier molecular flexibility index (Phi) is 5.09. The number of anilines is 2. The molecular formula is C11H15F3N2O3S. The molecular weight excluding hydrogens is 297 g/mol. The zero-order valence-corrected chi connectivity index (χ0v) is 11.5. The summed E-state index contributed by atoms with van der Waals surface area (Å²) in [5, 5.41) is 0. The quantitative estimate of drug-likeness (QED) is 0.790. The number of nitrogens with two attached hydrogens (primary N) is 1. The van der Waals surface area contributed by atoms with E-state index in [1.54, 1.807) is 0 Å². The molecule has 0 atom stereocenters. The first kappa shape index (κ1) is 16.4. The third-order valence-electron chi connectivity index (χ3n) is 2.38. The van der Waals surface area contributed by atoms with Crippen LogP contribution in [0.4, 0.5) is 24.5 Å². The first-order valence-corrected chi connectivity index (χ1v) is 7.29. The summed E-state index contributed by atoms with van der Waals surface area (Å²) in [4.78, 5) is 0. The molecule has 0 saturated heterocycles. The lowest BCUT2D eigenvalue weighted by Crippen LogP contribution is -2.19. The highest BCUT2D eigenvalue weighted by molar-refractivity contribution is 7.92. The van der Waals surface area contributed by atoms with Crippen LogP contribution in [-0.4, -0.2) is 27.5 Å². The number of hydrogen-bond donors (Lipinski definition) is 2. The zero-order chi connectivity index (χ0) is 15.4. The normalized spacial score (nSPS) is 12.2. The van der Waals surface area contributed by atoms with E-state index in [-0.39, 0.29) is 11.4 Å². The Bertz CT molecular complexity index is 559. The Morgan fingerprint density at radius 2 is 2.00 bits per heavy atom. The fraction of sp³-hybridized carbons (Fsp3) is 0.455. The van der Waals surface area contributed by atoms with Crippen molar-refractivity contribution < 1.29 is 26.3 Å². The number of hydrogen-bond acceptors (Lipinski definition) is 4. The molecule has 0 unspecified atom stereocenters. The molecule has 1 aromatic carbocycles. The summed E-state index contributed by atoms with van der Waals surface area (Å²) in [7, 11) is -2.43. The maximum Gasteiger partial charge on any atom is 0.389 e. The minimum absolute atomic E-state index is 0.176. The van der Waals surface area contributed by atoms with Crippen LogP contribution in [0.2, 0.25) is 0 Å². The Balaban J connectivity index is 2.64. The molecule has 0 fully saturated rings. The smallest absolute Gasteiger partial charge is 0.389 e. The van der Waals surface area contributed by atoms with Crippen molar-refractivity contribution in [2.24, 2.45) is 0 Å². The molecule has 9 heteroatoms. The number of rotatable bonds is 6. The van der Waals surface area contributed by atoms with Gasteiger partial charge in [-0.1, -0.05) is 0 Å². The highest BCUT2D eigenvalue weighted by Gasteiger charge is 2.27. The third kappa shape index (κ3) is 5.55. The maximum atomic E-state index is 11.9. The van der Waals surface area contributed by atoms with Crippen LogP contribution in [0.25, 0.3) is 0 Å². The second-order valence-electron chi connectivity index (χ2n) is 4.10. The maximum absolute atomic E-state index is 11.9. The van der Waals surface area contributed by atoms with Crippen molar-refractivity contribution in [3.8, 4) is 5.75 Å². The van der Waals surface area contributed by atoms with Crippen LogP contribution in [0.3, 0.4) is 0 Å². The number of nitrogen functional groups attached to an aromatic ring is 1. The van der Waals surface area contributed by atoms with Crippen LogP contribution in [0, 0.1) is 0 Å². The molecule has 0 bridgehead atoms. The predicted octanol–water partition coefficient (Wildman–Crippen LogP) is 2.36. The molecule has 0 aliphatic rings. The Labute approximate surface area is 115 Å². The van der Waals surface area contributed by atoms with Crippen LogP contribution in [0.5, 0.6) is 5.75 Å². The first-order chi connectivity index (χ1) is 9.13. The van der Waals surface area contributed by atoms with E-state index in [4.69, 9.17) is 10.5 Å². The van der Waals surface area contributed by atoms with E-state index in [9.17, 15) is 21.6 Å². The fourth-order valence-corrected chi connectivity index (χ4v) is 2.60.